The number of carbonyl (C=O) groups excluding carboxylic acids is 1. The van der Waals surface area contributed by atoms with E-state index in [0.717, 1.165) is 62.2 Å². The number of ether oxygens (including phenoxy) is 2. The van der Waals surface area contributed by atoms with Gasteiger partial charge >= 0.3 is 6.09 Å². The first-order valence-electron chi connectivity index (χ1n) is 12.9. The van der Waals surface area contributed by atoms with Crippen LogP contribution in [0.15, 0.2) is 67.3 Å². The van der Waals surface area contributed by atoms with Crippen molar-refractivity contribution >= 4 is 6.09 Å². The number of benzene rings is 2. The molecule has 0 radical (unpaired) electrons. The number of hydrogen-bond donors (Lipinski definition) is 0. The summed E-state index contributed by atoms with van der Waals surface area (Å²) in [5.74, 6) is 0.767. The minimum Gasteiger partial charge on any atom is -0.489 e. The van der Waals surface area contributed by atoms with E-state index in [1.54, 1.807) is 12.4 Å². The van der Waals surface area contributed by atoms with Crippen LogP contribution in [0.2, 0.25) is 0 Å². The quantitative estimate of drug-likeness (QED) is 0.508. The Balaban J connectivity index is 1.19. The molecule has 1 amide bonds. The number of nitrogens with zero attached hydrogens (tertiary/aromatic N) is 4. The van der Waals surface area contributed by atoms with Crippen molar-refractivity contribution in [2.24, 2.45) is 5.41 Å². The molecular formula is C29H32N4O3. The van der Waals surface area contributed by atoms with E-state index in [-0.39, 0.29) is 17.6 Å². The fourth-order valence-electron chi connectivity index (χ4n) is 5.85. The van der Waals surface area contributed by atoms with Crippen molar-refractivity contribution in [3.63, 3.8) is 0 Å². The molecule has 3 fully saturated rings. The van der Waals surface area contributed by atoms with Crippen molar-refractivity contribution in [1.82, 2.24) is 19.8 Å². The van der Waals surface area contributed by atoms with E-state index in [0.29, 0.717) is 19.8 Å². The van der Waals surface area contributed by atoms with Crippen LogP contribution in [0.5, 0.6) is 5.75 Å². The Morgan fingerprint density at radius 1 is 0.944 bits per heavy atom. The normalized spacial score (nSPS) is 24.7. The number of hydrogen-bond acceptors (Lipinski definition) is 6. The molecule has 7 heteroatoms. The van der Waals surface area contributed by atoms with E-state index in [2.05, 4.69) is 51.3 Å². The van der Waals surface area contributed by atoms with Gasteiger partial charge in [0.25, 0.3) is 0 Å². The van der Waals surface area contributed by atoms with Crippen molar-refractivity contribution < 1.29 is 14.3 Å². The predicted octanol–water partition coefficient (Wildman–Crippen LogP) is 4.63. The highest BCUT2D eigenvalue weighted by Crippen LogP contribution is 2.41. The predicted molar refractivity (Wildman–Crippen MR) is 136 cm³/mol. The molecule has 36 heavy (non-hydrogen) atoms. The van der Waals surface area contributed by atoms with Gasteiger partial charge < -0.3 is 14.4 Å². The minimum absolute atomic E-state index is 0.163. The third-order valence-corrected chi connectivity index (χ3v) is 8.11. The standard InChI is InChI=1S/C29H32N4O3/c34-28(36-20-29-10-14-32(15-11-29)16-12-29)33-13-9-23-3-1-2-4-26(23)27(33)24-5-7-25(8-6-24)35-19-22-17-30-21-31-18-22/h1-8,17-18,21,27H,9-16,19-20H2. The first-order chi connectivity index (χ1) is 17.7. The monoisotopic (exact) mass is 484 g/mol. The molecule has 1 unspecified atom stereocenters. The van der Waals surface area contributed by atoms with Crippen molar-refractivity contribution in [3.05, 3.63) is 89.5 Å². The summed E-state index contributed by atoms with van der Waals surface area (Å²) < 4.78 is 12.0. The minimum atomic E-state index is -0.207. The molecule has 1 atom stereocenters. The highest BCUT2D eigenvalue weighted by Gasteiger charge is 2.41. The number of carbonyl (C=O) groups is 1. The summed E-state index contributed by atoms with van der Waals surface area (Å²) in [6, 6.07) is 16.3. The Hall–Kier alpha value is -3.45. The Kier molecular flexibility index (Phi) is 6.32. The van der Waals surface area contributed by atoms with Crippen LogP contribution in [0, 0.1) is 5.41 Å². The summed E-state index contributed by atoms with van der Waals surface area (Å²) in [7, 11) is 0. The summed E-state index contributed by atoms with van der Waals surface area (Å²) in [6.07, 6.45) is 9.02. The molecule has 2 aromatic carbocycles. The van der Waals surface area contributed by atoms with Crippen molar-refractivity contribution in [3.8, 4) is 5.75 Å². The fraction of sp³-hybridized carbons (Fsp3) is 0.414. The first kappa shape index (κ1) is 23.0. The second kappa shape index (κ2) is 9.90. The Morgan fingerprint density at radius 3 is 2.42 bits per heavy atom. The molecule has 0 saturated carbocycles. The largest absolute Gasteiger partial charge is 0.489 e. The van der Waals surface area contributed by atoms with Gasteiger partial charge in [-0.15, -0.1) is 0 Å². The molecule has 0 spiro atoms. The van der Waals surface area contributed by atoms with Gasteiger partial charge in [0.2, 0.25) is 0 Å². The van der Waals surface area contributed by atoms with E-state index in [4.69, 9.17) is 9.47 Å². The Morgan fingerprint density at radius 2 is 1.67 bits per heavy atom. The molecule has 3 aromatic rings. The van der Waals surface area contributed by atoms with Gasteiger partial charge in [-0.25, -0.2) is 14.8 Å². The maximum Gasteiger partial charge on any atom is 0.410 e. The molecule has 5 heterocycles. The molecule has 4 aliphatic heterocycles. The van der Waals surface area contributed by atoms with Gasteiger partial charge in [0.05, 0.1) is 12.6 Å². The first-order valence-corrected chi connectivity index (χ1v) is 12.9. The molecule has 0 aliphatic carbocycles. The van der Waals surface area contributed by atoms with Gasteiger partial charge in [0.15, 0.2) is 0 Å². The molecule has 2 bridgehead atoms. The zero-order chi connectivity index (χ0) is 24.4. The second-order valence-corrected chi connectivity index (χ2v) is 10.3. The van der Waals surface area contributed by atoms with Crippen LogP contribution < -0.4 is 4.74 Å². The van der Waals surface area contributed by atoms with Gasteiger partial charge in [-0.05, 0) is 74.1 Å². The zero-order valence-electron chi connectivity index (χ0n) is 20.5. The van der Waals surface area contributed by atoms with Crippen LogP contribution in [0.4, 0.5) is 4.79 Å². The third kappa shape index (κ3) is 4.67. The lowest BCUT2D eigenvalue weighted by molar-refractivity contribution is -0.0300. The van der Waals surface area contributed by atoms with Crippen LogP contribution in [0.1, 0.15) is 47.6 Å². The van der Waals surface area contributed by atoms with Crippen LogP contribution in [0.25, 0.3) is 0 Å². The number of piperidine rings is 3. The van der Waals surface area contributed by atoms with Gasteiger partial charge in [-0.2, -0.15) is 0 Å². The molecule has 1 aromatic heterocycles. The van der Waals surface area contributed by atoms with Crippen LogP contribution in [0.3, 0.4) is 0 Å². The Labute approximate surface area is 212 Å². The van der Waals surface area contributed by atoms with E-state index >= 15 is 0 Å². The zero-order valence-corrected chi connectivity index (χ0v) is 20.5. The van der Waals surface area contributed by atoms with E-state index in [1.807, 2.05) is 17.0 Å². The van der Waals surface area contributed by atoms with Crippen LogP contribution in [-0.2, 0) is 17.8 Å². The summed E-state index contributed by atoms with van der Waals surface area (Å²) >= 11 is 0. The highest BCUT2D eigenvalue weighted by atomic mass is 16.6. The van der Waals surface area contributed by atoms with Gasteiger partial charge in [0, 0.05) is 29.9 Å². The molecular weight excluding hydrogens is 452 g/mol. The lowest BCUT2D eigenvalue weighted by Gasteiger charge is -2.48. The molecule has 3 saturated heterocycles. The molecule has 186 valence electrons. The molecule has 7 nitrogen and oxygen atoms in total. The number of rotatable bonds is 6. The van der Waals surface area contributed by atoms with Gasteiger partial charge in [-0.3, -0.25) is 4.90 Å². The fourth-order valence-corrected chi connectivity index (χ4v) is 5.85. The Bertz CT molecular complexity index is 1180. The summed E-state index contributed by atoms with van der Waals surface area (Å²) in [5, 5.41) is 0. The lowest BCUT2D eigenvalue weighted by atomic mass is 9.73. The van der Waals surface area contributed by atoms with E-state index in [9.17, 15) is 4.79 Å². The summed E-state index contributed by atoms with van der Waals surface area (Å²) in [6.45, 7) is 4.97. The van der Waals surface area contributed by atoms with Crippen LogP contribution >= 0.6 is 0 Å². The average molecular weight is 485 g/mol. The topological polar surface area (TPSA) is 67.8 Å². The smallest absolute Gasteiger partial charge is 0.410 e. The van der Waals surface area contributed by atoms with Crippen LogP contribution in [-0.4, -0.2) is 58.6 Å². The lowest BCUT2D eigenvalue weighted by Crippen LogP contribution is -2.51. The SMILES string of the molecule is O=C(OCC12CCN(CC1)CC2)N1CCc2ccccc2C1c1ccc(OCc2cncnc2)cc1. The average Bonchev–Trinajstić information content (AvgIpc) is 2.96. The maximum atomic E-state index is 13.5. The molecule has 4 aliphatic rings. The summed E-state index contributed by atoms with van der Waals surface area (Å²) in [4.78, 5) is 26.0. The molecule has 0 N–H and O–H groups in total. The highest BCUT2D eigenvalue weighted by molar-refractivity contribution is 5.70. The van der Waals surface area contributed by atoms with Crippen molar-refractivity contribution in [2.75, 3.05) is 32.8 Å². The number of fused-ring (bicyclic) bond motifs is 4. The summed E-state index contributed by atoms with van der Waals surface area (Å²) in [5.41, 5.74) is 4.59. The van der Waals surface area contributed by atoms with E-state index in [1.165, 1.54) is 17.5 Å². The van der Waals surface area contributed by atoms with Crippen molar-refractivity contribution in [2.45, 2.75) is 38.3 Å². The number of aromatic nitrogens is 2. The van der Waals surface area contributed by atoms with Crippen molar-refractivity contribution in [1.29, 1.82) is 0 Å². The van der Waals surface area contributed by atoms with E-state index < -0.39 is 0 Å². The second-order valence-electron chi connectivity index (χ2n) is 10.3. The molecule has 7 rings (SSSR count). The maximum absolute atomic E-state index is 13.5. The third-order valence-electron chi connectivity index (χ3n) is 8.11. The number of amides is 1. The van der Waals surface area contributed by atoms with Gasteiger partial charge in [0.1, 0.15) is 18.7 Å². The van der Waals surface area contributed by atoms with Gasteiger partial charge in [-0.1, -0.05) is 36.4 Å².